The zero-order valence-electron chi connectivity index (χ0n) is 16.0. The Hall–Kier alpha value is -3.85. The lowest BCUT2D eigenvalue weighted by molar-refractivity contribution is 0.616. The second-order valence-corrected chi connectivity index (χ2v) is 7.44. The van der Waals surface area contributed by atoms with Crippen LogP contribution in [0.15, 0.2) is 95.6 Å². The van der Waals surface area contributed by atoms with Gasteiger partial charge in [-0.2, -0.15) is 0 Å². The van der Waals surface area contributed by atoms with Crippen LogP contribution in [0.3, 0.4) is 0 Å². The summed E-state index contributed by atoms with van der Waals surface area (Å²) < 4.78 is 8.09. The van der Waals surface area contributed by atoms with Crippen molar-refractivity contribution in [3.8, 4) is 17.1 Å². The van der Waals surface area contributed by atoms with Crippen LogP contribution >= 0.6 is 0 Å². The summed E-state index contributed by atoms with van der Waals surface area (Å²) in [5.41, 5.74) is 6.23. The molecule has 0 aliphatic rings. The van der Waals surface area contributed by atoms with Crippen molar-refractivity contribution in [3.05, 3.63) is 96.8 Å². The van der Waals surface area contributed by atoms with E-state index in [-0.39, 0.29) is 0 Å². The molecule has 4 aromatic carbocycles. The third-order valence-corrected chi connectivity index (χ3v) is 5.52. The molecular formula is C26H18N2O. The smallest absolute Gasteiger partial charge is 0.149 e. The van der Waals surface area contributed by atoms with Crippen molar-refractivity contribution in [2.45, 2.75) is 6.92 Å². The van der Waals surface area contributed by atoms with Gasteiger partial charge < -0.3 is 4.42 Å². The van der Waals surface area contributed by atoms with Crippen LogP contribution in [-0.4, -0.2) is 9.55 Å². The summed E-state index contributed by atoms with van der Waals surface area (Å²) in [6.45, 7) is 2.10. The number of hydrogen-bond donors (Lipinski definition) is 0. The molecule has 0 saturated heterocycles. The Morgan fingerprint density at radius 3 is 2.55 bits per heavy atom. The average Bonchev–Trinajstić information content (AvgIpc) is 3.34. The van der Waals surface area contributed by atoms with Crippen LogP contribution in [0.25, 0.3) is 49.9 Å². The van der Waals surface area contributed by atoms with Crippen LogP contribution in [0.4, 0.5) is 0 Å². The second kappa shape index (κ2) is 6.08. The van der Waals surface area contributed by atoms with Gasteiger partial charge in [0.1, 0.15) is 17.7 Å². The predicted molar refractivity (Wildman–Crippen MR) is 119 cm³/mol. The molecule has 0 N–H and O–H groups in total. The molecule has 2 aromatic heterocycles. The first-order chi connectivity index (χ1) is 14.3. The van der Waals surface area contributed by atoms with Gasteiger partial charge in [0.2, 0.25) is 0 Å². The van der Waals surface area contributed by atoms with E-state index in [0.717, 1.165) is 39.1 Å². The van der Waals surface area contributed by atoms with Crippen molar-refractivity contribution in [2.75, 3.05) is 0 Å². The van der Waals surface area contributed by atoms with Crippen molar-refractivity contribution < 1.29 is 4.42 Å². The van der Waals surface area contributed by atoms with Gasteiger partial charge in [0.25, 0.3) is 0 Å². The van der Waals surface area contributed by atoms with E-state index in [0.29, 0.717) is 0 Å². The molecule has 6 aromatic rings. The highest BCUT2D eigenvalue weighted by Gasteiger charge is 2.18. The minimum atomic E-state index is 0.878. The van der Waals surface area contributed by atoms with Crippen LogP contribution in [0.2, 0.25) is 0 Å². The average molecular weight is 374 g/mol. The maximum atomic E-state index is 5.86. The summed E-state index contributed by atoms with van der Waals surface area (Å²) in [6, 6.07) is 29.5. The Morgan fingerprint density at radius 2 is 1.62 bits per heavy atom. The van der Waals surface area contributed by atoms with E-state index in [1.807, 2.05) is 18.4 Å². The molecule has 0 bridgehead atoms. The van der Waals surface area contributed by atoms with Crippen LogP contribution < -0.4 is 0 Å². The van der Waals surface area contributed by atoms with Gasteiger partial charge in [0, 0.05) is 11.1 Å². The summed E-state index contributed by atoms with van der Waals surface area (Å²) in [7, 11) is 0. The van der Waals surface area contributed by atoms with Crippen LogP contribution in [0, 0.1) is 6.92 Å². The molecule has 0 atom stereocenters. The summed E-state index contributed by atoms with van der Waals surface area (Å²) >= 11 is 0. The standard InChI is InChI=1S/C26H18N2O/c1-17-10-13-25-21(14-17)22(16-29-25)26-27-23-8-4-5-9-24(23)28(26)20-12-11-18-6-2-3-7-19(18)15-20/h2-16H,1H3. The molecule has 3 heteroatoms. The fourth-order valence-electron chi connectivity index (χ4n) is 4.10. The highest BCUT2D eigenvalue weighted by Crippen LogP contribution is 2.35. The van der Waals surface area contributed by atoms with Gasteiger partial charge in [-0.15, -0.1) is 0 Å². The zero-order valence-corrected chi connectivity index (χ0v) is 16.0. The van der Waals surface area contributed by atoms with Crippen molar-refractivity contribution >= 4 is 32.8 Å². The first-order valence-electron chi connectivity index (χ1n) is 9.73. The Kier molecular flexibility index (Phi) is 3.38. The number of fused-ring (bicyclic) bond motifs is 3. The first-order valence-corrected chi connectivity index (χ1v) is 9.73. The van der Waals surface area contributed by atoms with Gasteiger partial charge >= 0.3 is 0 Å². The van der Waals surface area contributed by atoms with E-state index >= 15 is 0 Å². The number of hydrogen-bond acceptors (Lipinski definition) is 2. The molecule has 0 radical (unpaired) electrons. The molecule has 0 saturated carbocycles. The van der Waals surface area contributed by atoms with E-state index in [2.05, 4.69) is 84.3 Å². The fourth-order valence-corrected chi connectivity index (χ4v) is 4.10. The molecule has 29 heavy (non-hydrogen) atoms. The van der Waals surface area contributed by atoms with Crippen LogP contribution in [0.1, 0.15) is 5.56 Å². The normalized spacial score (nSPS) is 11.6. The fraction of sp³-hybridized carbons (Fsp3) is 0.0385. The summed E-state index contributed by atoms with van der Waals surface area (Å²) in [4.78, 5) is 4.99. The maximum absolute atomic E-state index is 5.86. The number of nitrogens with zero attached hydrogens (tertiary/aromatic N) is 2. The highest BCUT2D eigenvalue weighted by molar-refractivity contribution is 5.96. The van der Waals surface area contributed by atoms with E-state index in [4.69, 9.17) is 9.40 Å². The summed E-state index contributed by atoms with van der Waals surface area (Å²) in [6.07, 6.45) is 1.82. The molecule has 0 aliphatic carbocycles. The Balaban J connectivity index is 1.69. The lowest BCUT2D eigenvalue weighted by atomic mass is 10.1. The molecule has 3 nitrogen and oxygen atoms in total. The van der Waals surface area contributed by atoms with Gasteiger partial charge in [-0.05, 0) is 54.1 Å². The maximum Gasteiger partial charge on any atom is 0.149 e. The SMILES string of the molecule is Cc1ccc2occ(-c3nc4ccccc4n3-c3ccc4ccccc4c3)c2c1. The monoisotopic (exact) mass is 374 g/mol. The molecule has 2 heterocycles. The molecule has 138 valence electrons. The number of furan rings is 1. The molecule has 0 unspecified atom stereocenters. The molecule has 6 rings (SSSR count). The van der Waals surface area contributed by atoms with Crippen molar-refractivity contribution in [1.82, 2.24) is 9.55 Å². The number of rotatable bonds is 2. The van der Waals surface area contributed by atoms with Gasteiger partial charge in [0.15, 0.2) is 0 Å². The molecule has 0 amide bonds. The third kappa shape index (κ3) is 2.48. The van der Waals surface area contributed by atoms with Gasteiger partial charge in [-0.3, -0.25) is 4.57 Å². The Labute approximate surface area is 167 Å². The highest BCUT2D eigenvalue weighted by atomic mass is 16.3. The number of aromatic nitrogens is 2. The minimum Gasteiger partial charge on any atom is -0.464 e. The molecule has 0 aliphatic heterocycles. The van der Waals surface area contributed by atoms with Crippen molar-refractivity contribution in [3.63, 3.8) is 0 Å². The number of para-hydroxylation sites is 2. The largest absolute Gasteiger partial charge is 0.464 e. The third-order valence-electron chi connectivity index (χ3n) is 5.52. The Bertz CT molecular complexity index is 1520. The summed E-state index contributed by atoms with van der Waals surface area (Å²) in [5.74, 6) is 0.894. The van der Waals surface area contributed by atoms with E-state index < -0.39 is 0 Å². The van der Waals surface area contributed by atoms with E-state index in [1.54, 1.807) is 0 Å². The zero-order chi connectivity index (χ0) is 19.4. The first kappa shape index (κ1) is 16.1. The topological polar surface area (TPSA) is 31.0 Å². The van der Waals surface area contributed by atoms with Crippen molar-refractivity contribution in [2.24, 2.45) is 0 Å². The number of benzene rings is 4. The quantitative estimate of drug-likeness (QED) is 0.330. The van der Waals surface area contributed by atoms with E-state index in [9.17, 15) is 0 Å². The van der Waals surface area contributed by atoms with Gasteiger partial charge in [-0.1, -0.05) is 54.1 Å². The van der Waals surface area contributed by atoms with Crippen LogP contribution in [0.5, 0.6) is 0 Å². The van der Waals surface area contributed by atoms with E-state index in [1.165, 1.54) is 16.3 Å². The second-order valence-electron chi connectivity index (χ2n) is 7.44. The molecule has 0 spiro atoms. The Morgan fingerprint density at radius 1 is 0.793 bits per heavy atom. The van der Waals surface area contributed by atoms with Gasteiger partial charge in [-0.25, -0.2) is 4.98 Å². The number of imidazole rings is 1. The summed E-state index contributed by atoms with van der Waals surface area (Å²) in [5, 5.41) is 3.52. The lowest BCUT2D eigenvalue weighted by Crippen LogP contribution is -1.97. The lowest BCUT2D eigenvalue weighted by Gasteiger charge is -2.10. The van der Waals surface area contributed by atoms with Gasteiger partial charge in [0.05, 0.1) is 16.6 Å². The minimum absolute atomic E-state index is 0.878. The molecule has 0 fully saturated rings. The molecular weight excluding hydrogens is 356 g/mol. The number of aryl methyl sites for hydroxylation is 1. The van der Waals surface area contributed by atoms with Crippen LogP contribution in [-0.2, 0) is 0 Å². The predicted octanol–water partition coefficient (Wildman–Crippen LogP) is 6.90. The van der Waals surface area contributed by atoms with Crippen molar-refractivity contribution in [1.29, 1.82) is 0 Å².